The summed E-state index contributed by atoms with van der Waals surface area (Å²) in [7, 11) is 0. The van der Waals surface area contributed by atoms with Gasteiger partial charge in [-0.3, -0.25) is 0 Å². The minimum absolute atomic E-state index is 0.946. The molecule has 0 aliphatic rings. The molecule has 0 N–H and O–H groups in total. The van der Waals surface area contributed by atoms with Gasteiger partial charge in [-0.1, -0.05) is 308 Å². The molecule has 5 heterocycles. The van der Waals surface area contributed by atoms with Crippen molar-refractivity contribution in [1.82, 2.24) is 0 Å². The van der Waals surface area contributed by atoms with E-state index in [2.05, 4.69) is 295 Å². The fraction of sp³-hybridized carbons (Fsp3) is 0.0526. The Labute approximate surface area is 580 Å². The van der Waals surface area contributed by atoms with E-state index in [0.29, 0.717) is 0 Å². The summed E-state index contributed by atoms with van der Waals surface area (Å²) in [5, 5.41) is 11.9. The molecule has 0 radical (unpaired) electrons. The van der Waals surface area contributed by atoms with Gasteiger partial charge < -0.3 is 22.1 Å². The van der Waals surface area contributed by atoms with Gasteiger partial charge in [0, 0.05) is 65.0 Å². The van der Waals surface area contributed by atoms with Crippen molar-refractivity contribution in [3.63, 3.8) is 0 Å². The summed E-state index contributed by atoms with van der Waals surface area (Å²) >= 11 is 0. The van der Waals surface area contributed by atoms with Gasteiger partial charge in [0.25, 0.3) is 0 Å². The van der Waals surface area contributed by atoms with Crippen LogP contribution in [0.25, 0.3) is 165 Å². The van der Waals surface area contributed by atoms with Gasteiger partial charge in [-0.15, -0.1) is 0 Å². The van der Waals surface area contributed by atoms with Crippen LogP contribution in [0, 0.1) is 34.6 Å². The van der Waals surface area contributed by atoms with Crippen LogP contribution in [-0.2, 0) is 0 Å². The number of rotatable bonds is 5. The van der Waals surface area contributed by atoms with Gasteiger partial charge >= 0.3 is 0 Å². The Balaban J connectivity index is 0.0000000972. The quantitative estimate of drug-likeness (QED) is 0.172. The van der Waals surface area contributed by atoms with Gasteiger partial charge in [-0.25, -0.2) is 0 Å². The SMILES string of the molecule is Cc1ccc(-c2cccc3oc4ccccc4c23)cc1.Cc1ccc(-c2ccccc2)c2c1oc1ccccc12.Cc1cccc(-c2cccc3oc4ccccc4c23)c1.Cc1cccc2c1oc1c(-c3ccccc3)cccc12.Cc1ccccc1-c1cccc2c1oc1ccccc12. The third-order valence-electron chi connectivity index (χ3n) is 19.0. The van der Waals surface area contributed by atoms with Crippen molar-refractivity contribution < 1.29 is 22.1 Å². The average molecular weight is 1290 g/mol. The Hall–Kier alpha value is -12.7. The molecule has 0 aliphatic heterocycles. The highest BCUT2D eigenvalue weighted by molar-refractivity contribution is 6.16. The predicted molar refractivity (Wildman–Crippen MR) is 419 cm³/mol. The van der Waals surface area contributed by atoms with Gasteiger partial charge in [-0.05, 0) is 132 Å². The number of fused-ring (bicyclic) bond motifs is 15. The molecule has 5 heteroatoms. The molecule has 15 aromatic carbocycles. The van der Waals surface area contributed by atoms with Crippen molar-refractivity contribution in [1.29, 1.82) is 0 Å². The van der Waals surface area contributed by atoms with Crippen LogP contribution in [0.2, 0.25) is 0 Å². The minimum Gasteiger partial charge on any atom is -0.456 e. The Morgan fingerprint density at radius 2 is 0.540 bits per heavy atom. The first kappa shape index (κ1) is 62.1. The van der Waals surface area contributed by atoms with E-state index in [1.54, 1.807) is 0 Å². The molecule has 5 nitrogen and oxygen atoms in total. The van der Waals surface area contributed by atoms with Gasteiger partial charge in [0.05, 0.1) is 0 Å². The molecule has 0 fully saturated rings. The first-order valence-electron chi connectivity index (χ1n) is 34.0. The van der Waals surface area contributed by atoms with E-state index >= 15 is 0 Å². The summed E-state index contributed by atoms with van der Waals surface area (Å²) < 4.78 is 30.2. The predicted octanol–water partition coefficient (Wildman–Crippen LogP) is 27.8. The van der Waals surface area contributed by atoms with Crippen molar-refractivity contribution in [3.05, 3.63) is 361 Å². The fourth-order valence-corrected chi connectivity index (χ4v) is 14.0. The number of furan rings is 5. The molecule has 100 heavy (non-hydrogen) atoms. The lowest BCUT2D eigenvalue weighted by atomic mass is 9.98. The monoisotopic (exact) mass is 1290 g/mol. The van der Waals surface area contributed by atoms with Crippen LogP contribution in [0.4, 0.5) is 0 Å². The van der Waals surface area contributed by atoms with E-state index in [4.69, 9.17) is 22.1 Å². The van der Waals surface area contributed by atoms with E-state index in [1.807, 2.05) is 72.8 Å². The molecule has 5 aromatic heterocycles. The first-order valence-corrected chi connectivity index (χ1v) is 34.0. The summed E-state index contributed by atoms with van der Waals surface area (Å²) in [4.78, 5) is 0. The van der Waals surface area contributed by atoms with Gasteiger partial charge in [0.15, 0.2) is 0 Å². The largest absolute Gasteiger partial charge is 0.456 e. The Morgan fingerprint density at radius 1 is 0.170 bits per heavy atom. The maximum atomic E-state index is 6.17. The molecule has 480 valence electrons. The topological polar surface area (TPSA) is 65.7 Å². The van der Waals surface area contributed by atoms with Crippen LogP contribution >= 0.6 is 0 Å². The van der Waals surface area contributed by atoms with Crippen molar-refractivity contribution in [3.8, 4) is 55.6 Å². The minimum atomic E-state index is 0.946. The standard InChI is InChI=1S/5C19H14O/c1-13-6-4-7-14(12-13)15-9-5-11-18-19(15)16-8-2-3-10-17(16)20-18;1-13-7-2-3-8-14(13)16-10-6-11-17-15-9-4-5-12-18(15)20-19(16)17;1-13-9-11-14(12-10-13)15-6-4-8-18-19(15)16-5-2-3-7-17(16)20-18;1-13-7-5-11-16-17-12-6-10-15(19(17)20-18(13)16)14-8-3-2-4-9-14;1-13-11-12-15(14-7-3-2-4-8-14)18-16-9-5-6-10-17(16)20-19(13)18/h5*2-12H,1H3. The second-order valence-corrected chi connectivity index (χ2v) is 25.6. The summed E-state index contributed by atoms with van der Waals surface area (Å²) in [5.74, 6) is 0. The third-order valence-corrected chi connectivity index (χ3v) is 19.0. The van der Waals surface area contributed by atoms with Crippen LogP contribution in [0.5, 0.6) is 0 Å². The normalized spacial score (nSPS) is 11.2. The highest BCUT2D eigenvalue weighted by atomic mass is 16.3. The van der Waals surface area contributed by atoms with E-state index < -0.39 is 0 Å². The first-order chi connectivity index (χ1) is 49.2. The molecule has 0 unspecified atom stereocenters. The molecule has 20 aromatic rings. The smallest absolute Gasteiger partial charge is 0.143 e. The zero-order valence-electron chi connectivity index (χ0n) is 56.3. The summed E-state index contributed by atoms with van der Waals surface area (Å²) in [6.07, 6.45) is 0. The summed E-state index contributed by atoms with van der Waals surface area (Å²) in [6, 6.07) is 115. The highest BCUT2D eigenvalue weighted by Gasteiger charge is 2.18. The zero-order valence-corrected chi connectivity index (χ0v) is 56.3. The van der Waals surface area contributed by atoms with Crippen molar-refractivity contribution in [2.75, 3.05) is 0 Å². The van der Waals surface area contributed by atoms with Crippen LogP contribution in [0.3, 0.4) is 0 Å². The van der Waals surface area contributed by atoms with Crippen LogP contribution < -0.4 is 0 Å². The molecule has 0 spiro atoms. The molecule has 0 amide bonds. The molecule has 0 atom stereocenters. The van der Waals surface area contributed by atoms with Crippen molar-refractivity contribution in [2.24, 2.45) is 0 Å². The Kier molecular flexibility index (Phi) is 16.8. The zero-order chi connectivity index (χ0) is 67.6. The second-order valence-electron chi connectivity index (χ2n) is 25.6. The van der Waals surface area contributed by atoms with Crippen molar-refractivity contribution in [2.45, 2.75) is 34.6 Å². The number of hydrogen-bond donors (Lipinski definition) is 0. The summed E-state index contributed by atoms with van der Waals surface area (Å²) in [5.41, 5.74) is 27.9. The number of aryl methyl sites for hydroxylation is 5. The van der Waals surface area contributed by atoms with Crippen LogP contribution in [-0.4, -0.2) is 0 Å². The fourth-order valence-electron chi connectivity index (χ4n) is 14.0. The lowest BCUT2D eigenvalue weighted by Crippen LogP contribution is -1.82. The molecule has 20 rings (SSSR count). The summed E-state index contributed by atoms with van der Waals surface area (Å²) in [6.45, 7) is 10.6. The van der Waals surface area contributed by atoms with E-state index in [0.717, 1.165) is 67.0 Å². The van der Waals surface area contributed by atoms with Crippen LogP contribution in [0.1, 0.15) is 27.8 Å². The molecule has 0 saturated heterocycles. The lowest BCUT2D eigenvalue weighted by molar-refractivity contribution is 0.665. The average Bonchev–Trinajstić information content (AvgIpc) is 1.62. The second kappa shape index (κ2) is 27.1. The maximum Gasteiger partial charge on any atom is 0.143 e. The van der Waals surface area contributed by atoms with Crippen LogP contribution in [0.15, 0.2) is 356 Å². The maximum absolute atomic E-state index is 6.17. The Morgan fingerprint density at radius 3 is 1.16 bits per heavy atom. The van der Waals surface area contributed by atoms with E-state index in [1.165, 1.54) is 126 Å². The number of benzene rings is 15. The molecular formula is C95H70O5. The molecular weight excluding hydrogens is 1220 g/mol. The molecule has 0 bridgehead atoms. The van der Waals surface area contributed by atoms with Gasteiger partial charge in [-0.2, -0.15) is 0 Å². The third kappa shape index (κ3) is 11.9. The number of para-hydroxylation sites is 7. The van der Waals surface area contributed by atoms with E-state index in [-0.39, 0.29) is 0 Å². The highest BCUT2D eigenvalue weighted by Crippen LogP contribution is 2.42. The van der Waals surface area contributed by atoms with Crippen molar-refractivity contribution >= 4 is 110 Å². The number of hydrogen-bond acceptors (Lipinski definition) is 5. The Bertz CT molecular complexity index is 6330. The van der Waals surface area contributed by atoms with E-state index in [9.17, 15) is 0 Å². The lowest BCUT2D eigenvalue weighted by Gasteiger charge is -2.06. The van der Waals surface area contributed by atoms with Gasteiger partial charge in [0.2, 0.25) is 0 Å². The molecule has 0 aliphatic carbocycles. The van der Waals surface area contributed by atoms with Gasteiger partial charge in [0.1, 0.15) is 55.8 Å². The molecule has 0 saturated carbocycles.